The molecule has 0 amide bonds. The fraction of sp³-hybridized carbons (Fsp3) is 0.533. The lowest BCUT2D eigenvalue weighted by Gasteiger charge is -2.18. The lowest BCUT2D eigenvalue weighted by molar-refractivity contribution is -0.134. The van der Waals surface area contributed by atoms with Crippen LogP contribution in [0.25, 0.3) is 10.4 Å². The van der Waals surface area contributed by atoms with Crippen LogP contribution in [0, 0.1) is 5.92 Å². The zero-order valence-corrected chi connectivity index (χ0v) is 12.7. The molecule has 21 heavy (non-hydrogen) atoms. The van der Waals surface area contributed by atoms with Gasteiger partial charge in [0, 0.05) is 17.4 Å². The fourth-order valence-corrected chi connectivity index (χ4v) is 1.82. The molecule has 0 N–H and O–H groups in total. The zero-order valence-electron chi connectivity index (χ0n) is 12.7. The molecule has 1 rings (SSSR count). The van der Waals surface area contributed by atoms with Gasteiger partial charge in [0.15, 0.2) is 5.78 Å². The Morgan fingerprint density at radius 3 is 2.52 bits per heavy atom. The zero-order chi connectivity index (χ0) is 15.7. The summed E-state index contributed by atoms with van der Waals surface area (Å²) >= 11 is 0. The Labute approximate surface area is 124 Å². The number of carbonyl (C=O) groups excluding carboxylic acids is 1. The van der Waals surface area contributed by atoms with Crippen LogP contribution in [0.1, 0.15) is 25.8 Å². The van der Waals surface area contributed by atoms with Crippen molar-refractivity contribution in [3.8, 4) is 5.75 Å². The number of methoxy groups -OCH3 is 1. The number of azide groups is 1. The summed E-state index contributed by atoms with van der Waals surface area (Å²) in [5.74, 6) is 0.686. The van der Waals surface area contributed by atoms with Gasteiger partial charge in [-0.2, -0.15) is 0 Å². The average molecular weight is 291 g/mol. The van der Waals surface area contributed by atoms with Crippen LogP contribution in [0.2, 0.25) is 0 Å². The van der Waals surface area contributed by atoms with E-state index in [1.54, 1.807) is 7.11 Å². The van der Waals surface area contributed by atoms with E-state index in [1.807, 2.05) is 38.1 Å². The highest BCUT2D eigenvalue weighted by Crippen LogP contribution is 2.15. The predicted octanol–water partition coefficient (Wildman–Crippen LogP) is 3.51. The third kappa shape index (κ3) is 5.85. The molecule has 1 atom stereocenters. The second kappa shape index (κ2) is 9.00. The molecule has 0 aliphatic carbocycles. The summed E-state index contributed by atoms with van der Waals surface area (Å²) in [6.45, 7) is 4.25. The number of Topliss-reactive ketones (excluding diaryl/α,β-unsaturated/α-hetero) is 1. The van der Waals surface area contributed by atoms with E-state index < -0.39 is 6.10 Å². The molecule has 0 aliphatic heterocycles. The van der Waals surface area contributed by atoms with Gasteiger partial charge in [0.2, 0.25) is 0 Å². The van der Waals surface area contributed by atoms with Crippen molar-refractivity contribution >= 4 is 5.78 Å². The minimum Gasteiger partial charge on any atom is -0.497 e. The van der Waals surface area contributed by atoms with Gasteiger partial charge in [-0.25, -0.2) is 0 Å². The first-order valence-corrected chi connectivity index (χ1v) is 6.87. The van der Waals surface area contributed by atoms with E-state index in [4.69, 9.17) is 15.0 Å². The number of benzene rings is 1. The smallest absolute Gasteiger partial charge is 0.164 e. The highest BCUT2D eigenvalue weighted by molar-refractivity contribution is 5.84. The molecule has 0 aromatic heterocycles. The number of hydrogen-bond acceptors (Lipinski definition) is 4. The largest absolute Gasteiger partial charge is 0.497 e. The molecular weight excluding hydrogens is 270 g/mol. The molecule has 0 spiro atoms. The first kappa shape index (κ1) is 17.0. The quantitative estimate of drug-likeness (QED) is 0.396. The van der Waals surface area contributed by atoms with Crippen LogP contribution in [0.5, 0.6) is 5.75 Å². The van der Waals surface area contributed by atoms with Gasteiger partial charge in [-0.3, -0.25) is 4.79 Å². The summed E-state index contributed by atoms with van der Waals surface area (Å²) in [5.41, 5.74) is 9.26. The molecule has 0 aliphatic rings. The number of rotatable bonds is 9. The van der Waals surface area contributed by atoms with E-state index in [9.17, 15) is 4.79 Å². The minimum atomic E-state index is -0.544. The standard InChI is InChI=1S/C15H21N3O3/c1-11(2)15(19)14(8-9-17-18-16)21-10-12-4-6-13(20-3)7-5-12/h4-7,11,14H,8-10H2,1-3H3/t14-/m0/s1. The first-order chi connectivity index (χ1) is 10.1. The molecule has 6 heteroatoms. The first-order valence-electron chi connectivity index (χ1n) is 6.87. The molecule has 0 heterocycles. The van der Waals surface area contributed by atoms with Crippen LogP contribution in [0.15, 0.2) is 29.4 Å². The summed E-state index contributed by atoms with van der Waals surface area (Å²) in [4.78, 5) is 14.8. The molecule has 0 saturated heterocycles. The highest BCUT2D eigenvalue weighted by Gasteiger charge is 2.21. The Bertz CT molecular complexity index is 493. The average Bonchev–Trinajstić information content (AvgIpc) is 2.50. The summed E-state index contributed by atoms with van der Waals surface area (Å²) < 4.78 is 10.8. The van der Waals surface area contributed by atoms with E-state index in [0.717, 1.165) is 11.3 Å². The van der Waals surface area contributed by atoms with E-state index in [-0.39, 0.29) is 18.2 Å². The van der Waals surface area contributed by atoms with Crippen LogP contribution in [-0.2, 0) is 16.1 Å². The van der Waals surface area contributed by atoms with Gasteiger partial charge in [-0.15, -0.1) is 0 Å². The van der Waals surface area contributed by atoms with Gasteiger partial charge in [-0.1, -0.05) is 31.1 Å². The molecule has 6 nitrogen and oxygen atoms in total. The number of ketones is 1. The lowest BCUT2D eigenvalue weighted by Crippen LogP contribution is -2.29. The predicted molar refractivity (Wildman–Crippen MR) is 80.0 cm³/mol. The molecule has 1 aromatic carbocycles. The van der Waals surface area contributed by atoms with Crippen LogP contribution in [-0.4, -0.2) is 25.5 Å². The third-order valence-electron chi connectivity index (χ3n) is 3.05. The molecule has 0 unspecified atom stereocenters. The third-order valence-corrected chi connectivity index (χ3v) is 3.05. The van der Waals surface area contributed by atoms with Crippen molar-refractivity contribution < 1.29 is 14.3 Å². The van der Waals surface area contributed by atoms with Gasteiger partial charge in [-0.05, 0) is 29.6 Å². The maximum Gasteiger partial charge on any atom is 0.164 e. The summed E-state index contributed by atoms with van der Waals surface area (Å²) in [6, 6.07) is 7.47. The van der Waals surface area contributed by atoms with Gasteiger partial charge in [0.1, 0.15) is 11.9 Å². The molecule has 1 aromatic rings. The molecule has 114 valence electrons. The highest BCUT2D eigenvalue weighted by atomic mass is 16.5. The number of nitrogens with zero attached hydrogens (tertiary/aromatic N) is 3. The number of hydrogen-bond donors (Lipinski definition) is 0. The monoisotopic (exact) mass is 291 g/mol. The van der Waals surface area contributed by atoms with Crippen molar-refractivity contribution in [3.63, 3.8) is 0 Å². The van der Waals surface area contributed by atoms with E-state index in [1.165, 1.54) is 0 Å². The summed E-state index contributed by atoms with van der Waals surface area (Å²) in [6.07, 6.45) is -0.144. The maximum absolute atomic E-state index is 12.1. The van der Waals surface area contributed by atoms with E-state index >= 15 is 0 Å². The van der Waals surface area contributed by atoms with Crippen molar-refractivity contribution in [1.29, 1.82) is 0 Å². The Balaban J connectivity index is 2.62. The van der Waals surface area contributed by atoms with Gasteiger partial charge in [0.05, 0.1) is 13.7 Å². The summed E-state index contributed by atoms with van der Waals surface area (Å²) in [7, 11) is 1.61. The second-order valence-electron chi connectivity index (χ2n) is 4.95. The molecule has 0 fully saturated rings. The SMILES string of the molecule is COc1ccc(CO[C@@H](CCN=[N+]=[N-])C(=O)C(C)C)cc1. The van der Waals surface area contributed by atoms with Crippen molar-refractivity contribution in [2.24, 2.45) is 11.0 Å². The van der Waals surface area contributed by atoms with Crippen LogP contribution >= 0.6 is 0 Å². The number of carbonyl (C=O) groups is 1. The van der Waals surface area contributed by atoms with E-state index in [0.29, 0.717) is 13.0 Å². The lowest BCUT2D eigenvalue weighted by atomic mass is 10.0. The van der Waals surface area contributed by atoms with Crippen molar-refractivity contribution in [1.82, 2.24) is 0 Å². The fourth-order valence-electron chi connectivity index (χ4n) is 1.82. The Kier molecular flexibility index (Phi) is 7.29. The molecule has 0 bridgehead atoms. The van der Waals surface area contributed by atoms with Gasteiger partial charge < -0.3 is 9.47 Å². The van der Waals surface area contributed by atoms with Crippen LogP contribution in [0.4, 0.5) is 0 Å². The Morgan fingerprint density at radius 2 is 2.00 bits per heavy atom. The Hall–Kier alpha value is -2.04. The van der Waals surface area contributed by atoms with Gasteiger partial charge >= 0.3 is 0 Å². The number of ether oxygens (including phenoxy) is 2. The molecule has 0 saturated carbocycles. The van der Waals surface area contributed by atoms with Gasteiger partial charge in [0.25, 0.3) is 0 Å². The van der Waals surface area contributed by atoms with Crippen LogP contribution < -0.4 is 4.74 Å². The maximum atomic E-state index is 12.1. The van der Waals surface area contributed by atoms with Crippen molar-refractivity contribution in [3.05, 3.63) is 40.3 Å². The molecular formula is C15H21N3O3. The normalized spacial score (nSPS) is 11.8. The van der Waals surface area contributed by atoms with E-state index in [2.05, 4.69) is 10.0 Å². The van der Waals surface area contributed by atoms with Crippen molar-refractivity contribution in [2.45, 2.75) is 33.0 Å². The molecule has 0 radical (unpaired) electrons. The topological polar surface area (TPSA) is 84.3 Å². The summed E-state index contributed by atoms with van der Waals surface area (Å²) in [5, 5.41) is 3.46. The minimum absolute atomic E-state index is 0.0247. The Morgan fingerprint density at radius 1 is 1.33 bits per heavy atom. The van der Waals surface area contributed by atoms with Crippen molar-refractivity contribution in [2.75, 3.05) is 13.7 Å². The van der Waals surface area contributed by atoms with Crippen LogP contribution in [0.3, 0.4) is 0 Å². The second-order valence-corrected chi connectivity index (χ2v) is 4.95.